The molecule has 2 heterocycles. The molecule has 0 saturated carbocycles. The first-order valence-electron chi connectivity index (χ1n) is 6.69. The number of nitrogens with one attached hydrogen (secondary N) is 2. The van der Waals surface area contributed by atoms with Crippen molar-refractivity contribution < 1.29 is 9.47 Å². The van der Waals surface area contributed by atoms with E-state index in [0.717, 1.165) is 12.0 Å². The maximum atomic E-state index is 5.80. The van der Waals surface area contributed by atoms with Crippen LogP contribution in [0.15, 0.2) is 18.2 Å². The van der Waals surface area contributed by atoms with Gasteiger partial charge in [0.15, 0.2) is 24.7 Å². The summed E-state index contributed by atoms with van der Waals surface area (Å²) in [7, 11) is 0. The molecule has 0 amide bonds. The van der Waals surface area contributed by atoms with Gasteiger partial charge < -0.3 is 9.47 Å². The first-order chi connectivity index (χ1) is 10.9. The Hall–Kier alpha value is -3.04. The summed E-state index contributed by atoms with van der Waals surface area (Å²) >= 11 is 0. The van der Waals surface area contributed by atoms with E-state index in [1.807, 2.05) is 25.1 Å². The van der Waals surface area contributed by atoms with Crippen LogP contribution in [0.1, 0.15) is 24.1 Å². The minimum Gasteiger partial charge on any atom is -0.482 e. The van der Waals surface area contributed by atoms with Crippen LogP contribution >= 0.6 is 0 Å². The molecule has 0 radical (unpaired) electrons. The molecule has 2 N–H and O–H groups in total. The SMILES string of the molecule is CCc1cccc(OCc2nn[nH]n2)c1OCc1nn[nH]n1. The van der Waals surface area contributed by atoms with Crippen LogP contribution < -0.4 is 9.47 Å². The summed E-state index contributed by atoms with van der Waals surface area (Å²) in [5.74, 6) is 2.19. The van der Waals surface area contributed by atoms with Crippen LogP contribution in [0.5, 0.6) is 11.5 Å². The summed E-state index contributed by atoms with van der Waals surface area (Å²) in [6.07, 6.45) is 0.807. The average Bonchev–Trinajstić information content (AvgIpc) is 3.24. The topological polar surface area (TPSA) is 127 Å². The third-order valence-corrected chi connectivity index (χ3v) is 2.92. The van der Waals surface area contributed by atoms with Crippen molar-refractivity contribution in [3.05, 3.63) is 35.4 Å². The lowest BCUT2D eigenvalue weighted by atomic mass is 10.1. The van der Waals surface area contributed by atoms with Crippen molar-refractivity contribution >= 4 is 0 Å². The lowest BCUT2D eigenvalue weighted by Gasteiger charge is -2.14. The van der Waals surface area contributed by atoms with Crippen LogP contribution in [-0.2, 0) is 19.6 Å². The Kier molecular flexibility index (Phi) is 4.18. The number of aromatic nitrogens is 8. The number of rotatable bonds is 7. The highest BCUT2D eigenvalue weighted by atomic mass is 16.5. The average molecular weight is 302 g/mol. The molecule has 22 heavy (non-hydrogen) atoms. The number of benzene rings is 1. The number of aromatic amines is 2. The number of tetrazole rings is 2. The Labute approximate surface area is 125 Å². The van der Waals surface area contributed by atoms with Crippen LogP contribution in [0, 0.1) is 0 Å². The molecule has 0 atom stereocenters. The Balaban J connectivity index is 1.75. The molecule has 2 aromatic heterocycles. The second-order valence-electron chi connectivity index (χ2n) is 4.33. The summed E-state index contributed by atoms with van der Waals surface area (Å²) in [5.41, 5.74) is 1.02. The second kappa shape index (κ2) is 6.61. The molecule has 0 saturated heterocycles. The molecule has 114 valence electrons. The van der Waals surface area contributed by atoms with Crippen LogP contribution in [0.25, 0.3) is 0 Å². The fraction of sp³-hybridized carbons (Fsp3) is 0.333. The zero-order valence-corrected chi connectivity index (χ0v) is 11.9. The van der Waals surface area contributed by atoms with Gasteiger partial charge in [0.2, 0.25) is 11.6 Å². The molecule has 1 aromatic carbocycles. The van der Waals surface area contributed by atoms with Crippen molar-refractivity contribution in [3.63, 3.8) is 0 Å². The summed E-state index contributed by atoms with van der Waals surface area (Å²) in [6, 6.07) is 5.71. The lowest BCUT2D eigenvalue weighted by Crippen LogP contribution is -2.04. The van der Waals surface area contributed by atoms with Gasteiger partial charge in [-0.15, -0.1) is 20.4 Å². The first kappa shape index (κ1) is 13.9. The van der Waals surface area contributed by atoms with E-state index < -0.39 is 0 Å². The Morgan fingerprint density at radius 1 is 0.955 bits per heavy atom. The molecule has 3 rings (SSSR count). The van der Waals surface area contributed by atoms with E-state index in [1.54, 1.807) is 0 Å². The lowest BCUT2D eigenvalue weighted by molar-refractivity contribution is 0.245. The smallest absolute Gasteiger partial charge is 0.211 e. The minimum atomic E-state index is 0.197. The van der Waals surface area contributed by atoms with Crippen molar-refractivity contribution in [1.29, 1.82) is 0 Å². The molecule has 0 fully saturated rings. The third-order valence-electron chi connectivity index (χ3n) is 2.92. The van der Waals surface area contributed by atoms with Crippen LogP contribution in [0.4, 0.5) is 0 Å². The zero-order valence-electron chi connectivity index (χ0n) is 11.9. The Morgan fingerprint density at radius 3 is 2.23 bits per heavy atom. The van der Waals surface area contributed by atoms with E-state index in [4.69, 9.17) is 9.47 Å². The highest BCUT2D eigenvalue weighted by molar-refractivity contribution is 5.46. The summed E-state index contributed by atoms with van der Waals surface area (Å²) in [4.78, 5) is 0. The van der Waals surface area contributed by atoms with Gasteiger partial charge in [0.1, 0.15) is 0 Å². The van der Waals surface area contributed by atoms with Gasteiger partial charge in [-0.3, -0.25) is 0 Å². The molecule has 0 aliphatic carbocycles. The number of H-pyrrole nitrogens is 2. The largest absolute Gasteiger partial charge is 0.482 e. The fourth-order valence-corrected chi connectivity index (χ4v) is 1.88. The van der Waals surface area contributed by atoms with E-state index in [1.165, 1.54) is 0 Å². The number of hydrogen-bond donors (Lipinski definition) is 2. The van der Waals surface area contributed by atoms with Crippen LogP contribution in [-0.4, -0.2) is 41.2 Å². The second-order valence-corrected chi connectivity index (χ2v) is 4.33. The van der Waals surface area contributed by atoms with Crippen molar-refractivity contribution in [2.45, 2.75) is 26.6 Å². The highest BCUT2D eigenvalue weighted by Crippen LogP contribution is 2.32. The summed E-state index contributed by atoms with van der Waals surface area (Å²) in [6.45, 7) is 2.44. The van der Waals surface area contributed by atoms with E-state index in [2.05, 4.69) is 41.2 Å². The van der Waals surface area contributed by atoms with Crippen molar-refractivity contribution in [1.82, 2.24) is 41.2 Å². The predicted octanol–water partition coefficient (Wildman–Crippen LogP) is 0.433. The number of aryl methyl sites for hydroxylation is 1. The van der Waals surface area contributed by atoms with E-state index >= 15 is 0 Å². The zero-order chi connectivity index (χ0) is 15.2. The van der Waals surface area contributed by atoms with E-state index in [9.17, 15) is 0 Å². The third kappa shape index (κ3) is 3.16. The molecule has 0 unspecified atom stereocenters. The van der Waals surface area contributed by atoms with Gasteiger partial charge in [0.25, 0.3) is 0 Å². The molecular formula is C12H14N8O2. The number of para-hydroxylation sites is 1. The maximum absolute atomic E-state index is 5.80. The van der Waals surface area contributed by atoms with Gasteiger partial charge in [-0.05, 0) is 18.1 Å². The quantitative estimate of drug-likeness (QED) is 0.643. The van der Waals surface area contributed by atoms with E-state index in [0.29, 0.717) is 23.1 Å². The monoisotopic (exact) mass is 302 g/mol. The number of hydrogen-bond acceptors (Lipinski definition) is 8. The van der Waals surface area contributed by atoms with Gasteiger partial charge in [0.05, 0.1) is 0 Å². The standard InChI is InChI=1S/C12H14N8O2/c1-2-8-4-3-5-9(21-6-10-13-17-18-14-10)12(8)22-7-11-15-19-20-16-11/h3-5H,2,6-7H2,1H3,(H,13,14,17,18)(H,15,16,19,20). The van der Waals surface area contributed by atoms with Gasteiger partial charge in [-0.1, -0.05) is 29.5 Å². The number of ether oxygens (including phenoxy) is 2. The van der Waals surface area contributed by atoms with Crippen molar-refractivity contribution in [3.8, 4) is 11.5 Å². The van der Waals surface area contributed by atoms with Crippen molar-refractivity contribution in [2.75, 3.05) is 0 Å². The molecular weight excluding hydrogens is 288 g/mol. The van der Waals surface area contributed by atoms with Crippen molar-refractivity contribution in [2.24, 2.45) is 0 Å². The molecule has 10 nitrogen and oxygen atoms in total. The summed E-state index contributed by atoms with van der Waals surface area (Å²) < 4.78 is 11.5. The number of nitrogens with zero attached hydrogens (tertiary/aromatic N) is 6. The Bertz CT molecular complexity index is 698. The molecule has 0 bridgehead atoms. The minimum absolute atomic E-state index is 0.197. The van der Waals surface area contributed by atoms with Crippen LogP contribution in [0.3, 0.4) is 0 Å². The van der Waals surface area contributed by atoms with E-state index in [-0.39, 0.29) is 13.2 Å². The maximum Gasteiger partial charge on any atom is 0.211 e. The van der Waals surface area contributed by atoms with Gasteiger partial charge in [-0.2, -0.15) is 10.4 Å². The highest BCUT2D eigenvalue weighted by Gasteiger charge is 2.12. The van der Waals surface area contributed by atoms with Gasteiger partial charge >= 0.3 is 0 Å². The normalized spacial score (nSPS) is 10.6. The fourth-order valence-electron chi connectivity index (χ4n) is 1.88. The molecule has 10 heteroatoms. The predicted molar refractivity (Wildman–Crippen MR) is 72.8 cm³/mol. The molecule has 3 aromatic rings. The van der Waals surface area contributed by atoms with Crippen LogP contribution in [0.2, 0.25) is 0 Å². The molecule has 0 aliphatic rings. The molecule has 0 spiro atoms. The Morgan fingerprint density at radius 2 is 1.64 bits per heavy atom. The first-order valence-corrected chi connectivity index (χ1v) is 6.69. The van der Waals surface area contributed by atoms with Gasteiger partial charge in [-0.25, -0.2) is 0 Å². The summed E-state index contributed by atoms with van der Waals surface area (Å²) in [5, 5.41) is 27.1. The van der Waals surface area contributed by atoms with Gasteiger partial charge in [0, 0.05) is 0 Å². The molecule has 0 aliphatic heterocycles.